The summed E-state index contributed by atoms with van der Waals surface area (Å²) < 4.78 is 6.18. The van der Waals surface area contributed by atoms with Gasteiger partial charge in [0.1, 0.15) is 5.60 Å². The quantitative estimate of drug-likeness (QED) is 0.792. The molecule has 3 heteroatoms. The van der Waals surface area contributed by atoms with Crippen LogP contribution in [0.3, 0.4) is 0 Å². The lowest BCUT2D eigenvalue weighted by molar-refractivity contribution is -0.139. The summed E-state index contributed by atoms with van der Waals surface area (Å²) in [6.45, 7) is 2.25. The summed E-state index contributed by atoms with van der Waals surface area (Å²) in [5.74, 6) is 0.236. The van der Waals surface area contributed by atoms with Crippen LogP contribution in [-0.4, -0.2) is 23.9 Å². The summed E-state index contributed by atoms with van der Waals surface area (Å²) in [7, 11) is 0. The Kier molecular flexibility index (Phi) is 3.11. The van der Waals surface area contributed by atoms with Crippen molar-refractivity contribution in [1.29, 1.82) is 0 Å². The molecule has 0 aromatic heterocycles. The second-order valence-electron chi connectivity index (χ2n) is 6.39. The molecule has 0 bridgehead atoms. The number of nitrogens with zero attached hydrogens (tertiary/aromatic N) is 1. The molecule has 1 aliphatic carbocycles. The van der Waals surface area contributed by atoms with E-state index < -0.39 is 0 Å². The second-order valence-corrected chi connectivity index (χ2v) is 6.39. The van der Waals surface area contributed by atoms with E-state index in [9.17, 15) is 4.79 Å². The van der Waals surface area contributed by atoms with Crippen LogP contribution in [0.5, 0.6) is 0 Å². The standard InChI is InChI=1S/C18H21NO2/c20-17(14-6-1-2-7-14)19-11-5-10-18(13-19)16-9-4-3-8-15(16)12-21-18/h3-4,6,8-9H,1-2,5,7,10-13H2/t18-/m0/s1. The Morgan fingerprint density at radius 3 is 3.00 bits per heavy atom. The number of carbonyl (C=O) groups is 1. The van der Waals surface area contributed by atoms with E-state index in [1.165, 1.54) is 11.1 Å². The number of ether oxygens (including phenoxy) is 1. The van der Waals surface area contributed by atoms with E-state index in [1.54, 1.807) is 0 Å². The van der Waals surface area contributed by atoms with Crippen molar-refractivity contribution >= 4 is 5.91 Å². The van der Waals surface area contributed by atoms with E-state index in [-0.39, 0.29) is 11.5 Å². The minimum atomic E-state index is -0.260. The normalized spacial score (nSPS) is 27.8. The predicted octanol–water partition coefficient (Wildman–Crippen LogP) is 3.14. The van der Waals surface area contributed by atoms with E-state index >= 15 is 0 Å². The van der Waals surface area contributed by atoms with Crippen LogP contribution in [0.1, 0.15) is 43.2 Å². The molecule has 1 amide bonds. The predicted molar refractivity (Wildman–Crippen MR) is 80.7 cm³/mol. The first-order chi connectivity index (χ1) is 10.3. The van der Waals surface area contributed by atoms with Crippen molar-refractivity contribution < 1.29 is 9.53 Å². The van der Waals surface area contributed by atoms with Crippen LogP contribution in [0.25, 0.3) is 0 Å². The van der Waals surface area contributed by atoms with Gasteiger partial charge in [0.05, 0.1) is 13.2 Å². The van der Waals surface area contributed by atoms with Crippen LogP contribution in [0, 0.1) is 0 Å². The van der Waals surface area contributed by atoms with E-state index in [0.717, 1.165) is 44.2 Å². The van der Waals surface area contributed by atoms with Gasteiger partial charge in [0.2, 0.25) is 5.91 Å². The minimum Gasteiger partial charge on any atom is -0.364 e. The van der Waals surface area contributed by atoms with Crippen LogP contribution < -0.4 is 0 Å². The first-order valence-corrected chi connectivity index (χ1v) is 7.99. The van der Waals surface area contributed by atoms with Crippen molar-refractivity contribution in [2.24, 2.45) is 0 Å². The number of hydrogen-bond acceptors (Lipinski definition) is 2. The molecular formula is C18H21NO2. The summed E-state index contributed by atoms with van der Waals surface area (Å²) in [6.07, 6.45) is 7.28. The average Bonchev–Trinajstić information content (AvgIpc) is 3.17. The summed E-state index contributed by atoms with van der Waals surface area (Å²) in [5.41, 5.74) is 3.33. The first-order valence-electron chi connectivity index (χ1n) is 7.99. The molecular weight excluding hydrogens is 262 g/mol. The maximum atomic E-state index is 12.7. The van der Waals surface area contributed by atoms with Crippen LogP contribution in [-0.2, 0) is 21.7 Å². The number of benzene rings is 1. The number of piperidine rings is 1. The number of rotatable bonds is 1. The average molecular weight is 283 g/mol. The fourth-order valence-corrected chi connectivity index (χ4v) is 3.99. The lowest BCUT2D eigenvalue weighted by atomic mass is 9.85. The number of carbonyl (C=O) groups excluding carboxylic acids is 1. The Labute approximate surface area is 125 Å². The monoisotopic (exact) mass is 283 g/mol. The van der Waals surface area contributed by atoms with Crippen molar-refractivity contribution in [3.8, 4) is 0 Å². The molecule has 4 rings (SSSR count). The van der Waals surface area contributed by atoms with Crippen LogP contribution in [0.4, 0.5) is 0 Å². The molecule has 3 nitrogen and oxygen atoms in total. The minimum absolute atomic E-state index is 0.236. The third kappa shape index (κ3) is 2.11. The van der Waals surface area contributed by atoms with Gasteiger partial charge >= 0.3 is 0 Å². The number of likely N-dealkylation sites (tertiary alicyclic amines) is 1. The molecule has 110 valence electrons. The zero-order valence-corrected chi connectivity index (χ0v) is 12.3. The molecule has 1 aromatic rings. The van der Waals surface area contributed by atoms with Crippen molar-refractivity contribution in [2.45, 2.75) is 44.3 Å². The van der Waals surface area contributed by atoms with Crippen molar-refractivity contribution in [1.82, 2.24) is 4.90 Å². The van der Waals surface area contributed by atoms with Crippen LogP contribution in [0.15, 0.2) is 35.9 Å². The summed E-state index contributed by atoms with van der Waals surface area (Å²) >= 11 is 0. The Morgan fingerprint density at radius 1 is 1.24 bits per heavy atom. The Morgan fingerprint density at radius 2 is 2.14 bits per heavy atom. The molecule has 2 heterocycles. The highest BCUT2D eigenvalue weighted by Crippen LogP contribution is 2.43. The van der Waals surface area contributed by atoms with Crippen LogP contribution >= 0.6 is 0 Å². The largest absolute Gasteiger partial charge is 0.364 e. The molecule has 0 saturated carbocycles. The Bertz CT molecular complexity index is 603. The highest BCUT2D eigenvalue weighted by Gasteiger charge is 2.44. The molecule has 1 saturated heterocycles. The van der Waals surface area contributed by atoms with Gasteiger partial charge in [-0.2, -0.15) is 0 Å². The van der Waals surface area contributed by atoms with Gasteiger partial charge < -0.3 is 9.64 Å². The lowest BCUT2D eigenvalue weighted by Gasteiger charge is -2.40. The van der Waals surface area contributed by atoms with Crippen molar-refractivity contribution in [2.75, 3.05) is 13.1 Å². The molecule has 0 unspecified atom stereocenters. The number of hydrogen-bond donors (Lipinski definition) is 0. The molecule has 1 atom stereocenters. The van der Waals surface area contributed by atoms with Gasteiger partial charge in [-0.05, 0) is 43.2 Å². The highest BCUT2D eigenvalue weighted by molar-refractivity contribution is 5.94. The third-order valence-corrected chi connectivity index (χ3v) is 5.07. The lowest BCUT2D eigenvalue weighted by Crippen LogP contribution is -2.48. The summed E-state index contributed by atoms with van der Waals surface area (Å²) in [4.78, 5) is 14.7. The summed E-state index contributed by atoms with van der Waals surface area (Å²) in [5, 5.41) is 0. The maximum Gasteiger partial charge on any atom is 0.249 e. The van der Waals surface area contributed by atoms with Gasteiger partial charge in [-0.3, -0.25) is 4.79 Å². The van der Waals surface area contributed by atoms with Crippen molar-refractivity contribution in [3.05, 3.63) is 47.0 Å². The molecule has 2 aliphatic heterocycles. The Hall–Kier alpha value is -1.61. The molecule has 1 fully saturated rings. The smallest absolute Gasteiger partial charge is 0.249 e. The van der Waals surface area contributed by atoms with Crippen molar-refractivity contribution in [3.63, 3.8) is 0 Å². The fourth-order valence-electron chi connectivity index (χ4n) is 3.99. The van der Waals surface area contributed by atoms with Gasteiger partial charge in [0, 0.05) is 12.1 Å². The third-order valence-electron chi connectivity index (χ3n) is 5.07. The van der Waals surface area contributed by atoms with E-state index in [1.807, 2.05) is 4.90 Å². The molecule has 0 radical (unpaired) electrons. The highest BCUT2D eigenvalue weighted by atomic mass is 16.5. The zero-order valence-electron chi connectivity index (χ0n) is 12.3. The molecule has 21 heavy (non-hydrogen) atoms. The molecule has 1 spiro atoms. The van der Waals surface area contributed by atoms with Gasteiger partial charge in [-0.25, -0.2) is 0 Å². The van der Waals surface area contributed by atoms with Gasteiger partial charge in [0.15, 0.2) is 0 Å². The summed E-state index contributed by atoms with van der Waals surface area (Å²) in [6, 6.07) is 8.46. The topological polar surface area (TPSA) is 29.5 Å². The van der Waals surface area contributed by atoms with E-state index in [2.05, 4.69) is 30.3 Å². The van der Waals surface area contributed by atoms with E-state index in [4.69, 9.17) is 4.74 Å². The second kappa shape index (κ2) is 4.99. The van der Waals surface area contributed by atoms with Crippen LogP contribution in [0.2, 0.25) is 0 Å². The van der Waals surface area contributed by atoms with Gasteiger partial charge in [-0.15, -0.1) is 0 Å². The molecule has 1 aromatic carbocycles. The SMILES string of the molecule is O=C(C1=CCCC1)N1CCC[C@@]2(C1)OCc1ccccc12. The maximum absolute atomic E-state index is 12.7. The Balaban J connectivity index is 1.60. The van der Waals surface area contributed by atoms with Gasteiger partial charge in [0.25, 0.3) is 0 Å². The fraction of sp³-hybridized carbons (Fsp3) is 0.500. The number of fused-ring (bicyclic) bond motifs is 2. The van der Waals surface area contributed by atoms with Gasteiger partial charge in [-0.1, -0.05) is 30.3 Å². The number of amides is 1. The van der Waals surface area contributed by atoms with E-state index in [0.29, 0.717) is 13.2 Å². The molecule has 3 aliphatic rings. The molecule has 0 N–H and O–H groups in total. The first kappa shape index (κ1) is 13.1. The number of allylic oxidation sites excluding steroid dienone is 1. The zero-order chi connectivity index (χ0) is 14.3.